The lowest BCUT2D eigenvalue weighted by Gasteiger charge is -2.20. The number of likely N-dealkylation sites (tertiary alicyclic amines) is 1. The van der Waals surface area contributed by atoms with E-state index in [2.05, 4.69) is 0 Å². The zero-order chi connectivity index (χ0) is 10.0. The Morgan fingerprint density at radius 1 is 1.85 bits per heavy atom. The maximum absolute atomic E-state index is 11.3. The molecule has 74 valence electrons. The van der Waals surface area contributed by atoms with Gasteiger partial charge in [-0.2, -0.15) is 0 Å². The summed E-state index contributed by atoms with van der Waals surface area (Å²) in [5.74, 6) is -0.561. The van der Waals surface area contributed by atoms with Gasteiger partial charge in [-0.3, -0.25) is 4.79 Å². The highest BCUT2D eigenvalue weighted by Gasteiger charge is 2.34. The molecule has 5 heteroatoms. The van der Waals surface area contributed by atoms with Gasteiger partial charge in [-0.1, -0.05) is 0 Å². The van der Waals surface area contributed by atoms with Crippen molar-refractivity contribution in [3.63, 3.8) is 0 Å². The van der Waals surface area contributed by atoms with Crippen LogP contribution in [0.15, 0.2) is 0 Å². The first-order valence-corrected chi connectivity index (χ1v) is 4.68. The standard InChI is InChI=1S/C8H12ClNO3/c1-5(8(12)13)10-4-6(3-9)2-7(10)11/h5-6H,2-4H2,1H3,(H,12,13)/t5-,6?/m0/s1. The van der Waals surface area contributed by atoms with Crippen LogP contribution in [-0.2, 0) is 9.59 Å². The summed E-state index contributed by atoms with van der Waals surface area (Å²) in [6.07, 6.45) is 0.376. The van der Waals surface area contributed by atoms with Crippen molar-refractivity contribution in [2.24, 2.45) is 5.92 Å². The number of carboxylic acid groups (broad SMARTS) is 1. The number of halogens is 1. The first kappa shape index (κ1) is 10.3. The van der Waals surface area contributed by atoms with Crippen molar-refractivity contribution in [3.8, 4) is 0 Å². The van der Waals surface area contributed by atoms with E-state index in [1.165, 1.54) is 11.8 Å². The summed E-state index contributed by atoms with van der Waals surface area (Å²) in [7, 11) is 0. The molecule has 1 aliphatic rings. The molecule has 0 aromatic heterocycles. The van der Waals surface area contributed by atoms with Gasteiger partial charge in [-0.05, 0) is 12.8 Å². The van der Waals surface area contributed by atoms with Gasteiger partial charge in [0.25, 0.3) is 0 Å². The lowest BCUT2D eigenvalue weighted by Crippen LogP contribution is -2.40. The second-order valence-electron chi connectivity index (χ2n) is 3.28. The second-order valence-corrected chi connectivity index (χ2v) is 3.59. The van der Waals surface area contributed by atoms with Gasteiger partial charge in [-0.15, -0.1) is 11.6 Å². The Bertz CT molecular complexity index is 231. The first-order chi connectivity index (χ1) is 6.06. The molecule has 1 heterocycles. The molecule has 1 N–H and O–H groups in total. The molecule has 2 atom stereocenters. The number of aliphatic carboxylic acids is 1. The van der Waals surface area contributed by atoms with Crippen LogP contribution in [0.4, 0.5) is 0 Å². The quantitative estimate of drug-likeness (QED) is 0.685. The van der Waals surface area contributed by atoms with E-state index in [0.717, 1.165) is 0 Å². The minimum Gasteiger partial charge on any atom is -0.480 e. The molecule has 1 fully saturated rings. The zero-order valence-corrected chi connectivity index (χ0v) is 8.12. The fraction of sp³-hybridized carbons (Fsp3) is 0.750. The van der Waals surface area contributed by atoms with Gasteiger partial charge in [0, 0.05) is 18.8 Å². The summed E-state index contributed by atoms with van der Waals surface area (Å²) >= 11 is 5.60. The molecule has 1 saturated heterocycles. The minimum atomic E-state index is -0.969. The van der Waals surface area contributed by atoms with E-state index in [-0.39, 0.29) is 11.8 Å². The van der Waals surface area contributed by atoms with Crippen molar-refractivity contribution in [1.82, 2.24) is 4.90 Å². The summed E-state index contributed by atoms with van der Waals surface area (Å²) in [6, 6.07) is -0.735. The van der Waals surface area contributed by atoms with Crippen LogP contribution in [0.25, 0.3) is 0 Å². The molecule has 0 radical (unpaired) electrons. The van der Waals surface area contributed by atoms with Crippen LogP contribution >= 0.6 is 11.6 Å². The lowest BCUT2D eigenvalue weighted by molar-refractivity contribution is -0.147. The first-order valence-electron chi connectivity index (χ1n) is 4.14. The van der Waals surface area contributed by atoms with E-state index in [1.54, 1.807) is 0 Å². The molecule has 1 aliphatic heterocycles. The second kappa shape index (κ2) is 3.96. The maximum atomic E-state index is 11.3. The summed E-state index contributed by atoms with van der Waals surface area (Å²) in [5.41, 5.74) is 0. The van der Waals surface area contributed by atoms with Crippen LogP contribution < -0.4 is 0 Å². The third-order valence-corrected chi connectivity index (χ3v) is 2.72. The number of carbonyl (C=O) groups excluding carboxylic acids is 1. The molecule has 0 aliphatic carbocycles. The maximum Gasteiger partial charge on any atom is 0.326 e. The summed E-state index contributed by atoms with van der Waals surface area (Å²) in [4.78, 5) is 23.3. The molecule has 1 rings (SSSR count). The number of carboxylic acids is 1. The van der Waals surface area contributed by atoms with Gasteiger partial charge in [0.05, 0.1) is 0 Å². The molecule has 1 unspecified atom stereocenters. The predicted octanol–water partition coefficient (Wildman–Crippen LogP) is 0.547. The average molecular weight is 206 g/mol. The Morgan fingerprint density at radius 3 is 2.85 bits per heavy atom. The van der Waals surface area contributed by atoms with Crippen LogP contribution in [0.1, 0.15) is 13.3 Å². The van der Waals surface area contributed by atoms with Crippen LogP contribution in [-0.4, -0.2) is 40.3 Å². The molecule has 0 bridgehead atoms. The van der Waals surface area contributed by atoms with Crippen molar-refractivity contribution in [2.75, 3.05) is 12.4 Å². The van der Waals surface area contributed by atoms with Crippen molar-refractivity contribution in [1.29, 1.82) is 0 Å². The highest BCUT2D eigenvalue weighted by molar-refractivity contribution is 6.18. The van der Waals surface area contributed by atoms with E-state index in [0.29, 0.717) is 18.8 Å². The fourth-order valence-electron chi connectivity index (χ4n) is 1.42. The highest BCUT2D eigenvalue weighted by atomic mass is 35.5. The minimum absolute atomic E-state index is 0.107. The van der Waals surface area contributed by atoms with Crippen LogP contribution in [0.2, 0.25) is 0 Å². The Labute approximate surface area is 81.5 Å². The summed E-state index contributed by atoms with van der Waals surface area (Å²) in [5, 5.41) is 8.69. The Hall–Kier alpha value is -0.770. The van der Waals surface area contributed by atoms with E-state index < -0.39 is 12.0 Å². The van der Waals surface area contributed by atoms with Crippen LogP contribution in [0, 0.1) is 5.92 Å². The SMILES string of the molecule is C[C@@H](C(=O)O)N1CC(CCl)CC1=O. The highest BCUT2D eigenvalue weighted by Crippen LogP contribution is 2.20. The normalized spacial score (nSPS) is 24.9. The average Bonchev–Trinajstić information content (AvgIpc) is 2.45. The van der Waals surface area contributed by atoms with Gasteiger partial charge < -0.3 is 10.0 Å². The number of carbonyl (C=O) groups is 2. The molecular formula is C8H12ClNO3. The number of amides is 1. The topological polar surface area (TPSA) is 57.6 Å². The molecule has 13 heavy (non-hydrogen) atoms. The van der Waals surface area contributed by atoms with Gasteiger partial charge >= 0.3 is 5.97 Å². The molecule has 0 aromatic rings. The van der Waals surface area contributed by atoms with E-state index in [9.17, 15) is 9.59 Å². The van der Waals surface area contributed by atoms with Crippen molar-refractivity contribution >= 4 is 23.5 Å². The largest absolute Gasteiger partial charge is 0.480 e. The molecule has 4 nitrogen and oxygen atoms in total. The number of hydrogen-bond acceptors (Lipinski definition) is 2. The summed E-state index contributed by atoms with van der Waals surface area (Å²) < 4.78 is 0. The molecule has 0 saturated carbocycles. The van der Waals surface area contributed by atoms with E-state index in [4.69, 9.17) is 16.7 Å². The van der Waals surface area contributed by atoms with Gasteiger partial charge in [-0.25, -0.2) is 4.79 Å². The van der Waals surface area contributed by atoms with E-state index >= 15 is 0 Å². The predicted molar refractivity (Wildman–Crippen MR) is 47.6 cm³/mol. The Morgan fingerprint density at radius 2 is 2.46 bits per heavy atom. The Kier molecular flexibility index (Phi) is 3.14. The van der Waals surface area contributed by atoms with Gasteiger partial charge in [0.15, 0.2) is 0 Å². The monoisotopic (exact) mass is 205 g/mol. The van der Waals surface area contributed by atoms with Crippen molar-refractivity contribution < 1.29 is 14.7 Å². The third-order valence-electron chi connectivity index (χ3n) is 2.28. The number of alkyl halides is 1. The smallest absolute Gasteiger partial charge is 0.326 e. The molecule has 1 amide bonds. The number of nitrogens with zero attached hydrogens (tertiary/aromatic N) is 1. The lowest BCUT2D eigenvalue weighted by atomic mass is 10.1. The third kappa shape index (κ3) is 2.12. The van der Waals surface area contributed by atoms with Crippen LogP contribution in [0.3, 0.4) is 0 Å². The van der Waals surface area contributed by atoms with Crippen molar-refractivity contribution in [2.45, 2.75) is 19.4 Å². The fourth-order valence-corrected chi connectivity index (χ4v) is 1.63. The summed E-state index contributed by atoms with van der Waals surface area (Å²) in [6.45, 7) is 1.98. The van der Waals surface area contributed by atoms with Crippen LogP contribution in [0.5, 0.6) is 0 Å². The molecular weight excluding hydrogens is 194 g/mol. The van der Waals surface area contributed by atoms with Gasteiger partial charge in [0.1, 0.15) is 6.04 Å². The zero-order valence-electron chi connectivity index (χ0n) is 7.36. The number of hydrogen-bond donors (Lipinski definition) is 1. The molecule has 0 aromatic carbocycles. The Balaban J connectivity index is 2.62. The number of rotatable bonds is 3. The van der Waals surface area contributed by atoms with Crippen molar-refractivity contribution in [3.05, 3.63) is 0 Å². The van der Waals surface area contributed by atoms with Gasteiger partial charge in [0.2, 0.25) is 5.91 Å². The van der Waals surface area contributed by atoms with E-state index in [1.807, 2.05) is 0 Å². The molecule has 0 spiro atoms.